The summed E-state index contributed by atoms with van der Waals surface area (Å²) in [4.78, 5) is 35.4. The molecule has 6 nitrogen and oxygen atoms in total. The Morgan fingerprint density at radius 2 is 1.44 bits per heavy atom. The van der Waals surface area contributed by atoms with Gasteiger partial charge in [-0.1, -0.05) is 18.2 Å². The number of aromatic nitrogens is 1. The fraction of sp³-hybridized carbons (Fsp3) is 0.393. The van der Waals surface area contributed by atoms with E-state index >= 15 is 0 Å². The van der Waals surface area contributed by atoms with Crippen molar-refractivity contribution in [1.29, 1.82) is 0 Å². The number of halogens is 6. The Labute approximate surface area is 236 Å². The molecule has 5 rings (SSSR count). The molecule has 0 bridgehead atoms. The number of piperazine rings is 1. The predicted molar refractivity (Wildman–Crippen MR) is 141 cm³/mol. The number of hydrogen-bond donors (Lipinski definition) is 0. The van der Waals surface area contributed by atoms with E-state index in [1.807, 2.05) is 4.90 Å². The number of anilines is 1. The average Bonchev–Trinajstić information content (AvgIpc) is 3.46. The number of likely N-dealkylation sites (tertiary alicyclic amines) is 1. The van der Waals surface area contributed by atoms with Crippen LogP contribution in [0.2, 0.25) is 0 Å². The van der Waals surface area contributed by atoms with Gasteiger partial charge < -0.3 is 14.7 Å². The van der Waals surface area contributed by atoms with Crippen LogP contribution < -0.4 is 4.90 Å². The van der Waals surface area contributed by atoms with E-state index in [1.54, 1.807) is 16.3 Å². The van der Waals surface area contributed by atoms with Gasteiger partial charge in [-0.25, -0.2) is 4.98 Å². The molecule has 2 fully saturated rings. The van der Waals surface area contributed by atoms with E-state index in [1.165, 1.54) is 40.5 Å². The molecule has 0 unspecified atom stereocenters. The highest BCUT2D eigenvalue weighted by Crippen LogP contribution is 2.35. The summed E-state index contributed by atoms with van der Waals surface area (Å²) in [6.45, 7) is 1.98. The van der Waals surface area contributed by atoms with Crippen LogP contribution in [0.25, 0.3) is 0 Å². The van der Waals surface area contributed by atoms with Crippen LogP contribution in [-0.2, 0) is 12.4 Å². The van der Waals surface area contributed by atoms with Gasteiger partial charge in [-0.2, -0.15) is 26.3 Å². The molecule has 2 aliphatic rings. The maximum absolute atomic E-state index is 13.4. The van der Waals surface area contributed by atoms with Gasteiger partial charge in [0.15, 0.2) is 0 Å². The molecule has 0 radical (unpaired) electrons. The molecule has 0 atom stereocenters. The second-order valence-electron chi connectivity index (χ2n) is 10.0. The molecule has 3 aromatic rings. The summed E-state index contributed by atoms with van der Waals surface area (Å²) in [6.07, 6.45) is -8.03. The molecule has 2 saturated heterocycles. The van der Waals surface area contributed by atoms with Gasteiger partial charge in [-0.15, -0.1) is 11.3 Å². The molecule has 13 heteroatoms. The minimum absolute atomic E-state index is 0.0267. The molecule has 41 heavy (non-hydrogen) atoms. The number of rotatable bonds is 4. The van der Waals surface area contributed by atoms with Crippen molar-refractivity contribution in [2.45, 2.75) is 31.1 Å². The van der Waals surface area contributed by atoms with Crippen LogP contribution >= 0.6 is 11.3 Å². The first kappa shape index (κ1) is 28.9. The first-order chi connectivity index (χ1) is 19.4. The summed E-state index contributed by atoms with van der Waals surface area (Å²) < 4.78 is 79.3. The predicted octanol–water partition coefficient (Wildman–Crippen LogP) is 6.16. The quantitative estimate of drug-likeness (QED) is 0.339. The fourth-order valence-corrected chi connectivity index (χ4v) is 6.16. The number of thiazole rings is 1. The summed E-state index contributed by atoms with van der Waals surface area (Å²) in [5, 5.41) is 2.41. The number of nitrogens with zero attached hydrogens (tertiary/aromatic N) is 4. The van der Waals surface area contributed by atoms with Crippen LogP contribution in [0.3, 0.4) is 0 Å². The van der Waals surface area contributed by atoms with Crippen molar-refractivity contribution in [2.75, 3.05) is 44.2 Å². The van der Waals surface area contributed by atoms with Crippen LogP contribution in [0.4, 0.5) is 32.0 Å². The average molecular weight is 597 g/mol. The lowest BCUT2D eigenvalue weighted by molar-refractivity contribution is -0.138. The normalized spacial score (nSPS) is 17.2. The number of hydrogen-bond acceptors (Lipinski definition) is 5. The Bertz CT molecular complexity index is 1410. The minimum Gasteiger partial charge on any atom is -0.368 e. The Kier molecular flexibility index (Phi) is 8.00. The van der Waals surface area contributed by atoms with Crippen molar-refractivity contribution in [3.8, 4) is 0 Å². The van der Waals surface area contributed by atoms with Crippen LogP contribution in [-0.4, -0.2) is 65.9 Å². The van der Waals surface area contributed by atoms with Crippen LogP contribution in [0.15, 0.2) is 53.9 Å². The van der Waals surface area contributed by atoms with Crippen LogP contribution in [0, 0.1) is 0 Å². The third-order valence-electron chi connectivity index (χ3n) is 7.44. The molecule has 0 aliphatic carbocycles. The van der Waals surface area contributed by atoms with E-state index in [9.17, 15) is 35.9 Å². The van der Waals surface area contributed by atoms with Gasteiger partial charge in [0.05, 0.1) is 21.7 Å². The Morgan fingerprint density at radius 3 is 2.10 bits per heavy atom. The zero-order valence-corrected chi connectivity index (χ0v) is 22.5. The molecule has 2 aromatic carbocycles. The van der Waals surface area contributed by atoms with E-state index in [4.69, 9.17) is 0 Å². The van der Waals surface area contributed by atoms with Crippen LogP contribution in [0.5, 0.6) is 0 Å². The standard InChI is InChI=1S/C28H26F6N4O2S/c29-27(30,31)19-4-3-5-20(16-19)36-12-14-38(15-13-36)26(40)23-17-41-24(35-23)18-8-10-37(11-9-18)25(39)21-6-1-2-7-22(21)28(32,33)34/h1-7,16-18H,8-15H2. The number of carbonyl (C=O) groups excluding carboxylic acids is 2. The molecule has 2 aliphatic heterocycles. The highest BCUT2D eigenvalue weighted by Gasteiger charge is 2.37. The first-order valence-corrected chi connectivity index (χ1v) is 13.9. The van der Waals surface area contributed by atoms with Crippen molar-refractivity contribution in [3.63, 3.8) is 0 Å². The number of benzene rings is 2. The van der Waals surface area contributed by atoms with Gasteiger partial charge in [0, 0.05) is 56.3 Å². The Morgan fingerprint density at radius 1 is 0.780 bits per heavy atom. The van der Waals surface area contributed by atoms with Gasteiger partial charge in [-0.3, -0.25) is 9.59 Å². The van der Waals surface area contributed by atoms with E-state index in [0.717, 1.165) is 23.2 Å². The molecule has 0 spiro atoms. The lowest BCUT2D eigenvalue weighted by atomic mass is 9.96. The third kappa shape index (κ3) is 6.34. The number of carbonyl (C=O) groups is 2. The van der Waals surface area contributed by atoms with Crippen molar-refractivity contribution >= 4 is 28.8 Å². The first-order valence-electron chi connectivity index (χ1n) is 13.0. The zero-order valence-electron chi connectivity index (χ0n) is 21.7. The SMILES string of the molecule is O=C(c1csc(C2CCN(C(=O)c3ccccc3C(F)(F)F)CC2)n1)N1CCN(c2cccc(C(F)(F)F)c2)CC1. The number of alkyl halides is 6. The summed E-state index contributed by atoms with van der Waals surface area (Å²) in [5.41, 5.74) is -1.30. The molecule has 3 heterocycles. The van der Waals surface area contributed by atoms with E-state index in [2.05, 4.69) is 4.98 Å². The van der Waals surface area contributed by atoms with Crippen LogP contribution in [0.1, 0.15) is 55.7 Å². The monoisotopic (exact) mass is 596 g/mol. The van der Waals surface area contributed by atoms with Crippen molar-refractivity contribution < 1.29 is 35.9 Å². The maximum atomic E-state index is 13.4. The second-order valence-corrected chi connectivity index (χ2v) is 10.9. The molecule has 0 saturated carbocycles. The lowest BCUT2D eigenvalue weighted by Gasteiger charge is -2.36. The second kappa shape index (κ2) is 11.3. The molecular formula is C28H26F6N4O2S. The third-order valence-corrected chi connectivity index (χ3v) is 8.45. The highest BCUT2D eigenvalue weighted by molar-refractivity contribution is 7.09. The maximum Gasteiger partial charge on any atom is 0.417 e. The largest absolute Gasteiger partial charge is 0.417 e. The molecule has 1 aromatic heterocycles. The number of piperidine rings is 1. The fourth-order valence-electron chi connectivity index (χ4n) is 5.20. The lowest BCUT2D eigenvalue weighted by Crippen LogP contribution is -2.49. The van der Waals surface area contributed by atoms with E-state index < -0.39 is 29.4 Å². The molecule has 0 N–H and O–H groups in total. The molecule has 2 amide bonds. The van der Waals surface area contributed by atoms with Crippen molar-refractivity contribution in [2.24, 2.45) is 0 Å². The van der Waals surface area contributed by atoms with Gasteiger partial charge in [0.25, 0.3) is 11.8 Å². The van der Waals surface area contributed by atoms with Gasteiger partial charge in [0.1, 0.15) is 5.69 Å². The summed E-state index contributed by atoms with van der Waals surface area (Å²) in [7, 11) is 0. The smallest absolute Gasteiger partial charge is 0.368 e. The van der Waals surface area contributed by atoms with Gasteiger partial charge in [-0.05, 0) is 43.2 Å². The van der Waals surface area contributed by atoms with Gasteiger partial charge >= 0.3 is 12.4 Å². The van der Waals surface area contributed by atoms with Crippen molar-refractivity contribution in [1.82, 2.24) is 14.8 Å². The molecular weight excluding hydrogens is 570 g/mol. The highest BCUT2D eigenvalue weighted by atomic mass is 32.1. The number of amides is 2. The molecule has 218 valence electrons. The van der Waals surface area contributed by atoms with Crippen molar-refractivity contribution in [3.05, 3.63) is 81.3 Å². The Hall–Kier alpha value is -3.61. The zero-order chi connectivity index (χ0) is 29.4. The van der Waals surface area contributed by atoms with E-state index in [-0.39, 0.29) is 36.2 Å². The topological polar surface area (TPSA) is 56.8 Å². The summed E-state index contributed by atoms with van der Waals surface area (Å²) in [6, 6.07) is 9.88. The Balaban J connectivity index is 1.16. The van der Waals surface area contributed by atoms with Gasteiger partial charge in [0.2, 0.25) is 0 Å². The summed E-state index contributed by atoms with van der Waals surface area (Å²) in [5.74, 6) is -0.940. The summed E-state index contributed by atoms with van der Waals surface area (Å²) >= 11 is 1.33. The minimum atomic E-state index is -4.63. The van der Waals surface area contributed by atoms with E-state index in [0.29, 0.717) is 44.7 Å².